The summed E-state index contributed by atoms with van der Waals surface area (Å²) in [6.45, 7) is 2.49. The third-order valence-corrected chi connectivity index (χ3v) is 4.44. The van der Waals surface area contributed by atoms with Crippen molar-refractivity contribution >= 4 is 39.3 Å². The van der Waals surface area contributed by atoms with Crippen molar-refractivity contribution in [3.63, 3.8) is 0 Å². The Kier molecular flexibility index (Phi) is 5.52. The molecule has 110 valence electrons. The van der Waals surface area contributed by atoms with Gasteiger partial charge in [-0.15, -0.1) is 11.3 Å². The average Bonchev–Trinajstić information content (AvgIpc) is 2.84. The summed E-state index contributed by atoms with van der Waals surface area (Å²) in [4.78, 5) is 16.0. The highest BCUT2D eigenvalue weighted by atomic mass is 79.9. The van der Waals surface area contributed by atoms with Crippen LogP contribution in [0.3, 0.4) is 0 Å². The second-order valence-electron chi connectivity index (χ2n) is 4.29. The van der Waals surface area contributed by atoms with Gasteiger partial charge in [0, 0.05) is 22.9 Å². The number of aromatic nitrogens is 1. The molecule has 1 aromatic carbocycles. The lowest BCUT2D eigenvalue weighted by Gasteiger charge is -2.11. The highest BCUT2D eigenvalue weighted by Gasteiger charge is 2.08. The van der Waals surface area contributed by atoms with Gasteiger partial charge in [0.2, 0.25) is 0 Å². The maximum Gasteiger partial charge on any atom is 0.328 e. The van der Waals surface area contributed by atoms with E-state index in [1.807, 2.05) is 30.6 Å². The fraction of sp³-hybridized carbons (Fsp3) is 0.200. The number of hydrogen-bond acceptors (Lipinski definition) is 4. The Morgan fingerprint density at radius 1 is 1.52 bits per heavy atom. The highest BCUT2D eigenvalue weighted by molar-refractivity contribution is 9.10. The molecule has 0 saturated heterocycles. The standard InChI is InChI=1S/C15H14BrNO3S/c1-10-13(21-9-17-10)7-8-20-15-11(5-6-14(18)19)3-2-4-12(15)16/h2-6,9H,7-8H2,1H3,(H,18,19). The van der Waals surface area contributed by atoms with Gasteiger partial charge < -0.3 is 9.84 Å². The van der Waals surface area contributed by atoms with E-state index in [0.29, 0.717) is 12.4 Å². The van der Waals surface area contributed by atoms with Gasteiger partial charge in [-0.25, -0.2) is 9.78 Å². The molecule has 2 rings (SSSR count). The first kappa shape index (κ1) is 15.7. The van der Waals surface area contributed by atoms with E-state index in [-0.39, 0.29) is 0 Å². The minimum absolute atomic E-state index is 0.513. The van der Waals surface area contributed by atoms with E-state index >= 15 is 0 Å². The van der Waals surface area contributed by atoms with Crippen molar-refractivity contribution in [1.82, 2.24) is 4.98 Å². The van der Waals surface area contributed by atoms with Crippen molar-refractivity contribution in [1.29, 1.82) is 0 Å². The molecule has 1 heterocycles. The molecule has 0 spiro atoms. The van der Waals surface area contributed by atoms with E-state index in [2.05, 4.69) is 20.9 Å². The number of aryl methyl sites for hydroxylation is 1. The van der Waals surface area contributed by atoms with Gasteiger partial charge in [0.1, 0.15) is 5.75 Å². The number of rotatable bonds is 6. The molecule has 0 saturated carbocycles. The molecule has 4 nitrogen and oxygen atoms in total. The normalized spacial score (nSPS) is 11.0. The Labute approximate surface area is 135 Å². The Bertz CT molecular complexity index is 667. The molecule has 0 unspecified atom stereocenters. The number of hydrogen-bond donors (Lipinski definition) is 1. The van der Waals surface area contributed by atoms with E-state index in [4.69, 9.17) is 9.84 Å². The van der Waals surface area contributed by atoms with Crippen molar-refractivity contribution in [3.8, 4) is 5.75 Å². The molecule has 6 heteroatoms. The second-order valence-corrected chi connectivity index (χ2v) is 6.08. The minimum Gasteiger partial charge on any atom is -0.491 e. The van der Waals surface area contributed by atoms with Crippen molar-refractivity contribution in [2.75, 3.05) is 6.61 Å². The number of halogens is 1. The molecule has 1 N–H and O–H groups in total. The Hall–Kier alpha value is -1.66. The van der Waals surface area contributed by atoms with Crippen LogP contribution in [0.25, 0.3) is 6.08 Å². The molecule has 0 aliphatic carbocycles. The second kappa shape index (κ2) is 7.38. The van der Waals surface area contributed by atoms with Gasteiger partial charge in [0.25, 0.3) is 0 Å². The molecule has 2 aromatic rings. The number of benzene rings is 1. The van der Waals surface area contributed by atoms with E-state index in [0.717, 1.165) is 28.2 Å². The predicted molar refractivity (Wildman–Crippen MR) is 86.9 cm³/mol. The molecule has 0 aliphatic rings. The minimum atomic E-state index is -0.985. The van der Waals surface area contributed by atoms with Crippen molar-refractivity contribution in [3.05, 3.63) is 50.4 Å². The molecule has 0 atom stereocenters. The van der Waals surface area contributed by atoms with Crippen LogP contribution in [0.4, 0.5) is 0 Å². The molecular weight excluding hydrogens is 354 g/mol. The highest BCUT2D eigenvalue weighted by Crippen LogP contribution is 2.30. The fourth-order valence-electron chi connectivity index (χ4n) is 1.78. The Morgan fingerprint density at radius 3 is 3.00 bits per heavy atom. The number of carboxylic acid groups (broad SMARTS) is 1. The van der Waals surface area contributed by atoms with Crippen LogP contribution >= 0.6 is 27.3 Å². The zero-order valence-electron chi connectivity index (χ0n) is 11.4. The van der Waals surface area contributed by atoms with Crippen LogP contribution in [-0.4, -0.2) is 22.7 Å². The van der Waals surface area contributed by atoms with Crippen LogP contribution in [0, 0.1) is 6.92 Å². The third kappa shape index (κ3) is 4.41. The number of thiazole rings is 1. The fourth-order valence-corrected chi connectivity index (χ4v) is 3.04. The first-order valence-corrected chi connectivity index (χ1v) is 7.96. The predicted octanol–water partition coefficient (Wildman–Crippen LogP) is 3.93. The van der Waals surface area contributed by atoms with Gasteiger partial charge in [0.15, 0.2) is 0 Å². The zero-order valence-corrected chi connectivity index (χ0v) is 13.8. The van der Waals surface area contributed by atoms with Gasteiger partial charge in [-0.2, -0.15) is 0 Å². The van der Waals surface area contributed by atoms with E-state index in [1.165, 1.54) is 11.0 Å². The molecule has 1 aromatic heterocycles. The maximum atomic E-state index is 10.6. The van der Waals surface area contributed by atoms with Crippen LogP contribution in [0.1, 0.15) is 16.1 Å². The smallest absolute Gasteiger partial charge is 0.328 e. The summed E-state index contributed by atoms with van der Waals surface area (Å²) in [6, 6.07) is 5.52. The number of aliphatic carboxylic acids is 1. The van der Waals surface area contributed by atoms with Gasteiger partial charge in [0.05, 0.1) is 22.3 Å². The van der Waals surface area contributed by atoms with Gasteiger partial charge in [-0.05, 0) is 35.0 Å². The summed E-state index contributed by atoms with van der Waals surface area (Å²) in [7, 11) is 0. The topological polar surface area (TPSA) is 59.4 Å². The lowest BCUT2D eigenvalue weighted by Crippen LogP contribution is -2.03. The third-order valence-electron chi connectivity index (χ3n) is 2.82. The van der Waals surface area contributed by atoms with Gasteiger partial charge >= 0.3 is 5.97 Å². The Balaban J connectivity index is 2.08. The summed E-state index contributed by atoms with van der Waals surface area (Å²) in [5.41, 5.74) is 3.58. The molecule has 0 radical (unpaired) electrons. The number of carboxylic acids is 1. The maximum absolute atomic E-state index is 10.6. The summed E-state index contributed by atoms with van der Waals surface area (Å²) in [6.07, 6.45) is 3.41. The van der Waals surface area contributed by atoms with Crippen molar-refractivity contribution in [2.24, 2.45) is 0 Å². The molecular formula is C15H14BrNO3S. The van der Waals surface area contributed by atoms with E-state index < -0.39 is 5.97 Å². The van der Waals surface area contributed by atoms with E-state index in [1.54, 1.807) is 11.3 Å². The lowest BCUT2D eigenvalue weighted by molar-refractivity contribution is -0.131. The number of para-hydroxylation sites is 1. The summed E-state index contributed by atoms with van der Waals surface area (Å²) >= 11 is 5.04. The van der Waals surface area contributed by atoms with Crippen LogP contribution in [-0.2, 0) is 11.2 Å². The van der Waals surface area contributed by atoms with Crippen molar-refractivity contribution < 1.29 is 14.6 Å². The quantitative estimate of drug-likeness (QED) is 0.785. The van der Waals surface area contributed by atoms with Crippen LogP contribution < -0.4 is 4.74 Å². The number of ether oxygens (including phenoxy) is 1. The van der Waals surface area contributed by atoms with Gasteiger partial charge in [-0.3, -0.25) is 0 Å². The SMILES string of the molecule is Cc1ncsc1CCOc1c(Br)cccc1C=CC(=O)O. The first-order valence-electron chi connectivity index (χ1n) is 6.29. The monoisotopic (exact) mass is 367 g/mol. The summed E-state index contributed by atoms with van der Waals surface area (Å²) < 4.78 is 6.62. The average molecular weight is 368 g/mol. The van der Waals surface area contributed by atoms with Gasteiger partial charge in [-0.1, -0.05) is 12.1 Å². The zero-order chi connectivity index (χ0) is 15.2. The first-order chi connectivity index (χ1) is 10.1. The lowest BCUT2D eigenvalue weighted by atomic mass is 10.2. The number of carbonyl (C=O) groups is 1. The molecule has 0 bridgehead atoms. The van der Waals surface area contributed by atoms with Crippen molar-refractivity contribution in [2.45, 2.75) is 13.3 Å². The van der Waals surface area contributed by atoms with Crippen LogP contribution in [0.15, 0.2) is 34.3 Å². The van der Waals surface area contributed by atoms with E-state index in [9.17, 15) is 4.79 Å². The summed E-state index contributed by atoms with van der Waals surface area (Å²) in [5.74, 6) is -0.335. The largest absolute Gasteiger partial charge is 0.491 e. The molecule has 0 amide bonds. The van der Waals surface area contributed by atoms with Crippen LogP contribution in [0.5, 0.6) is 5.75 Å². The number of nitrogens with zero attached hydrogens (tertiary/aromatic N) is 1. The Morgan fingerprint density at radius 2 is 2.33 bits per heavy atom. The molecule has 0 aliphatic heterocycles. The summed E-state index contributed by atoms with van der Waals surface area (Å²) in [5, 5.41) is 8.72. The molecule has 21 heavy (non-hydrogen) atoms. The molecule has 0 fully saturated rings. The van der Waals surface area contributed by atoms with Crippen LogP contribution in [0.2, 0.25) is 0 Å².